The molecule has 0 fully saturated rings. The first-order valence-electron chi connectivity index (χ1n) is 4.91. The van der Waals surface area contributed by atoms with Crippen LogP contribution in [0.2, 0.25) is 0 Å². The van der Waals surface area contributed by atoms with Gasteiger partial charge < -0.3 is 4.98 Å². The quantitative estimate of drug-likeness (QED) is 0.885. The lowest BCUT2D eigenvalue weighted by Crippen LogP contribution is -1.90. The zero-order valence-electron chi connectivity index (χ0n) is 8.84. The minimum atomic E-state index is 0.863. The topological polar surface area (TPSA) is 28.7 Å². The van der Waals surface area contributed by atoms with Crippen molar-refractivity contribution in [3.8, 4) is 0 Å². The van der Waals surface area contributed by atoms with Crippen molar-refractivity contribution in [2.24, 2.45) is 0 Å². The van der Waals surface area contributed by atoms with Gasteiger partial charge in [0.25, 0.3) is 0 Å². The maximum Gasteiger partial charge on any atom is 0.110 e. The van der Waals surface area contributed by atoms with Gasteiger partial charge in [-0.3, -0.25) is 0 Å². The van der Waals surface area contributed by atoms with E-state index in [1.54, 1.807) is 0 Å². The molecule has 0 bridgehead atoms. The number of H-pyrrole nitrogens is 1. The average Bonchev–Trinajstić information content (AvgIpc) is 2.50. The van der Waals surface area contributed by atoms with Crippen molar-refractivity contribution >= 4 is 15.9 Å². The Morgan fingerprint density at radius 2 is 1.87 bits per heavy atom. The van der Waals surface area contributed by atoms with Crippen LogP contribution in [-0.4, -0.2) is 9.97 Å². The van der Waals surface area contributed by atoms with E-state index >= 15 is 0 Å². The molecule has 2 nitrogen and oxygen atoms in total. The Balaban J connectivity index is 2.18. The molecule has 0 aliphatic carbocycles. The normalized spacial score (nSPS) is 10.6. The van der Waals surface area contributed by atoms with Crippen molar-refractivity contribution in [2.75, 3.05) is 0 Å². The van der Waals surface area contributed by atoms with E-state index in [2.05, 4.69) is 50.2 Å². The Hall–Kier alpha value is -1.09. The zero-order valence-corrected chi connectivity index (χ0v) is 10.4. The molecule has 0 saturated carbocycles. The first-order valence-corrected chi connectivity index (χ1v) is 5.71. The summed E-state index contributed by atoms with van der Waals surface area (Å²) in [5.41, 5.74) is 3.51. The molecule has 15 heavy (non-hydrogen) atoms. The molecule has 0 unspecified atom stereocenters. The summed E-state index contributed by atoms with van der Waals surface area (Å²) in [4.78, 5) is 7.75. The summed E-state index contributed by atoms with van der Waals surface area (Å²) < 4.78 is 1.11. The van der Waals surface area contributed by atoms with Gasteiger partial charge in [0.15, 0.2) is 0 Å². The van der Waals surface area contributed by atoms with Crippen LogP contribution in [0.3, 0.4) is 0 Å². The highest BCUT2D eigenvalue weighted by Crippen LogP contribution is 2.13. The van der Waals surface area contributed by atoms with Gasteiger partial charge in [0.1, 0.15) is 5.82 Å². The van der Waals surface area contributed by atoms with Crippen molar-refractivity contribution in [3.63, 3.8) is 0 Å². The van der Waals surface area contributed by atoms with E-state index in [1.165, 1.54) is 5.56 Å². The number of aromatic amines is 1. The lowest BCUT2D eigenvalue weighted by Gasteiger charge is -1.98. The fourth-order valence-electron chi connectivity index (χ4n) is 1.50. The smallest absolute Gasteiger partial charge is 0.110 e. The van der Waals surface area contributed by atoms with Gasteiger partial charge >= 0.3 is 0 Å². The lowest BCUT2D eigenvalue weighted by atomic mass is 10.1. The molecule has 3 heteroatoms. The number of hydrogen-bond donors (Lipinski definition) is 1. The van der Waals surface area contributed by atoms with E-state index in [-0.39, 0.29) is 0 Å². The summed E-state index contributed by atoms with van der Waals surface area (Å²) in [5.74, 6) is 1.03. The van der Waals surface area contributed by atoms with Gasteiger partial charge in [-0.2, -0.15) is 0 Å². The highest BCUT2D eigenvalue weighted by atomic mass is 79.9. The van der Waals surface area contributed by atoms with Crippen LogP contribution in [0.15, 0.2) is 28.7 Å². The van der Waals surface area contributed by atoms with Crippen LogP contribution in [0.1, 0.15) is 22.8 Å². The molecular weight excluding hydrogens is 252 g/mol. The monoisotopic (exact) mass is 264 g/mol. The van der Waals surface area contributed by atoms with E-state index < -0.39 is 0 Å². The largest absolute Gasteiger partial charge is 0.346 e. The van der Waals surface area contributed by atoms with Crippen molar-refractivity contribution in [1.29, 1.82) is 0 Å². The van der Waals surface area contributed by atoms with E-state index in [1.807, 2.05) is 13.8 Å². The first kappa shape index (κ1) is 10.4. The minimum absolute atomic E-state index is 0.863. The van der Waals surface area contributed by atoms with Crippen LogP contribution in [0.25, 0.3) is 0 Å². The summed E-state index contributed by atoms with van der Waals surface area (Å²) in [6.45, 7) is 4.07. The standard InChI is InChI=1S/C12H13BrN2/c1-8-9(2)15-12(14-8)7-10-3-5-11(13)6-4-10/h3-6H,7H2,1-2H3,(H,14,15). The third-order valence-corrected chi connectivity index (χ3v) is 2.99. The van der Waals surface area contributed by atoms with Gasteiger partial charge in [-0.25, -0.2) is 4.98 Å². The van der Waals surface area contributed by atoms with Crippen LogP contribution >= 0.6 is 15.9 Å². The van der Waals surface area contributed by atoms with Gasteiger partial charge in [0.2, 0.25) is 0 Å². The predicted molar refractivity (Wildman–Crippen MR) is 65.0 cm³/mol. The summed E-state index contributed by atoms with van der Waals surface area (Å²) in [5, 5.41) is 0. The molecule has 0 radical (unpaired) electrons. The minimum Gasteiger partial charge on any atom is -0.346 e. The van der Waals surface area contributed by atoms with Gasteiger partial charge in [-0.15, -0.1) is 0 Å². The van der Waals surface area contributed by atoms with Crippen molar-refractivity contribution in [1.82, 2.24) is 9.97 Å². The fourth-order valence-corrected chi connectivity index (χ4v) is 1.76. The van der Waals surface area contributed by atoms with E-state index in [9.17, 15) is 0 Å². The Morgan fingerprint density at radius 1 is 1.20 bits per heavy atom. The molecule has 78 valence electrons. The second kappa shape index (κ2) is 4.19. The molecular formula is C12H13BrN2. The molecule has 2 rings (SSSR count). The van der Waals surface area contributed by atoms with Crippen molar-refractivity contribution in [3.05, 3.63) is 51.5 Å². The highest BCUT2D eigenvalue weighted by Gasteiger charge is 2.03. The molecule has 0 spiro atoms. The average molecular weight is 265 g/mol. The Morgan fingerprint density at radius 3 is 2.40 bits per heavy atom. The third kappa shape index (κ3) is 2.48. The number of halogens is 1. The Kier molecular flexibility index (Phi) is 2.91. The summed E-state index contributed by atoms with van der Waals surface area (Å²) >= 11 is 3.42. The number of aromatic nitrogens is 2. The van der Waals surface area contributed by atoms with E-state index in [0.717, 1.165) is 28.1 Å². The molecule has 1 aromatic heterocycles. The maximum absolute atomic E-state index is 4.46. The number of rotatable bonds is 2. The van der Waals surface area contributed by atoms with E-state index in [4.69, 9.17) is 0 Å². The number of nitrogens with one attached hydrogen (secondary N) is 1. The van der Waals surface area contributed by atoms with Crippen LogP contribution in [-0.2, 0) is 6.42 Å². The summed E-state index contributed by atoms with van der Waals surface area (Å²) in [6, 6.07) is 8.32. The van der Waals surface area contributed by atoms with Gasteiger partial charge in [0.05, 0.1) is 5.69 Å². The van der Waals surface area contributed by atoms with Crippen molar-refractivity contribution in [2.45, 2.75) is 20.3 Å². The van der Waals surface area contributed by atoms with Crippen LogP contribution in [0, 0.1) is 13.8 Å². The van der Waals surface area contributed by atoms with Crippen molar-refractivity contribution < 1.29 is 0 Å². The highest BCUT2D eigenvalue weighted by molar-refractivity contribution is 9.10. The number of hydrogen-bond acceptors (Lipinski definition) is 1. The second-order valence-electron chi connectivity index (χ2n) is 3.70. The molecule has 0 atom stereocenters. The third-order valence-electron chi connectivity index (χ3n) is 2.46. The molecule has 1 N–H and O–H groups in total. The molecule has 1 heterocycles. The molecule has 0 aliphatic heterocycles. The summed E-state index contributed by atoms with van der Waals surface area (Å²) in [6.07, 6.45) is 0.863. The van der Waals surface area contributed by atoms with Crippen LogP contribution < -0.4 is 0 Å². The SMILES string of the molecule is Cc1nc(Cc2ccc(Br)cc2)[nH]c1C. The molecule has 0 aliphatic rings. The first-order chi connectivity index (χ1) is 7.15. The van der Waals surface area contributed by atoms with Gasteiger partial charge in [0, 0.05) is 16.6 Å². The number of aryl methyl sites for hydroxylation is 2. The van der Waals surface area contributed by atoms with Crippen LogP contribution in [0.5, 0.6) is 0 Å². The number of imidazole rings is 1. The fraction of sp³-hybridized carbons (Fsp3) is 0.250. The maximum atomic E-state index is 4.46. The lowest BCUT2D eigenvalue weighted by molar-refractivity contribution is 1.01. The van der Waals surface area contributed by atoms with Gasteiger partial charge in [-0.1, -0.05) is 28.1 Å². The molecule has 1 aromatic carbocycles. The number of benzene rings is 1. The van der Waals surface area contributed by atoms with Gasteiger partial charge in [-0.05, 0) is 31.5 Å². The predicted octanol–water partition coefficient (Wildman–Crippen LogP) is 3.38. The zero-order chi connectivity index (χ0) is 10.8. The second-order valence-corrected chi connectivity index (χ2v) is 4.61. The molecule has 2 aromatic rings. The summed E-state index contributed by atoms with van der Waals surface area (Å²) in [7, 11) is 0. The molecule has 0 saturated heterocycles. The molecule has 0 amide bonds. The Bertz CT molecular complexity index is 437. The Labute approximate surface area is 97.9 Å². The van der Waals surface area contributed by atoms with E-state index in [0.29, 0.717) is 0 Å². The van der Waals surface area contributed by atoms with Crippen LogP contribution in [0.4, 0.5) is 0 Å². The number of nitrogens with zero attached hydrogens (tertiary/aromatic N) is 1.